The lowest BCUT2D eigenvalue weighted by Crippen LogP contribution is -2.41. The second-order valence-corrected chi connectivity index (χ2v) is 6.08. The first kappa shape index (κ1) is 14.7. The van der Waals surface area contributed by atoms with Gasteiger partial charge in [-0.1, -0.05) is 22.9 Å². The Morgan fingerprint density at radius 3 is 2.72 bits per heavy atom. The van der Waals surface area contributed by atoms with E-state index >= 15 is 0 Å². The summed E-state index contributed by atoms with van der Waals surface area (Å²) in [6.45, 7) is 6.24. The van der Waals surface area contributed by atoms with E-state index in [0.29, 0.717) is 23.0 Å². The smallest absolute Gasteiger partial charge is 0.222 e. The van der Waals surface area contributed by atoms with E-state index < -0.39 is 0 Å². The van der Waals surface area contributed by atoms with Crippen molar-refractivity contribution in [2.24, 2.45) is 0 Å². The van der Waals surface area contributed by atoms with Crippen molar-refractivity contribution in [1.82, 2.24) is 10.3 Å². The minimum atomic E-state index is -0.227. The largest absolute Gasteiger partial charge is 0.361 e. The molecule has 1 aromatic heterocycles. The quantitative estimate of drug-likeness (QED) is 0.891. The second kappa shape index (κ2) is 6.03. The Kier molecular flexibility index (Phi) is 4.93. The van der Waals surface area contributed by atoms with E-state index in [-0.39, 0.29) is 16.6 Å². The molecule has 0 bridgehead atoms. The van der Waals surface area contributed by atoms with Gasteiger partial charge in [0.1, 0.15) is 10.9 Å². The van der Waals surface area contributed by atoms with Crippen LogP contribution in [0.5, 0.6) is 0 Å². The summed E-state index contributed by atoms with van der Waals surface area (Å²) in [5, 5.41) is 15.3. The minimum absolute atomic E-state index is 0.0295. The summed E-state index contributed by atoms with van der Waals surface area (Å²) in [4.78, 5) is 15.9. The topological polar surface area (TPSA) is 77.8 Å². The fourth-order valence-electron chi connectivity index (χ4n) is 1.21. The molecule has 7 heteroatoms. The summed E-state index contributed by atoms with van der Waals surface area (Å²) in [7, 11) is 0. The Balaban J connectivity index is 2.38. The Morgan fingerprint density at radius 2 is 2.22 bits per heavy atom. The number of amides is 1. The predicted octanol–water partition coefficient (Wildman–Crippen LogP) is 2.38. The molecule has 0 unspecified atom stereocenters. The molecule has 18 heavy (non-hydrogen) atoms. The Morgan fingerprint density at radius 1 is 1.56 bits per heavy atom. The third-order valence-electron chi connectivity index (χ3n) is 1.83. The van der Waals surface area contributed by atoms with Gasteiger partial charge in [0.05, 0.1) is 0 Å². The van der Waals surface area contributed by atoms with Crippen molar-refractivity contribution in [2.45, 2.75) is 32.7 Å². The first-order valence-electron chi connectivity index (χ1n) is 5.43. The molecule has 0 aliphatic heterocycles. The van der Waals surface area contributed by atoms with Crippen LogP contribution in [0, 0.1) is 11.3 Å². The molecule has 0 aromatic carbocycles. The normalized spacial score (nSPS) is 10.8. The number of anilines is 1. The van der Waals surface area contributed by atoms with Crippen LogP contribution in [0.25, 0.3) is 0 Å². The van der Waals surface area contributed by atoms with Crippen molar-refractivity contribution >= 4 is 34.0 Å². The number of carbonyl (C=O) groups excluding carboxylic acids is 1. The van der Waals surface area contributed by atoms with Crippen LogP contribution in [0.2, 0.25) is 5.15 Å². The van der Waals surface area contributed by atoms with Gasteiger partial charge >= 0.3 is 0 Å². The second-order valence-electron chi connectivity index (χ2n) is 4.73. The first-order valence-corrected chi connectivity index (χ1v) is 6.62. The lowest BCUT2D eigenvalue weighted by molar-refractivity contribution is -0.122. The van der Waals surface area contributed by atoms with Crippen molar-refractivity contribution in [3.8, 4) is 6.07 Å². The number of aromatic nitrogens is 1. The molecule has 0 saturated carbocycles. The van der Waals surface area contributed by atoms with Crippen LogP contribution in [-0.4, -0.2) is 23.0 Å². The SMILES string of the molecule is CC(C)(C)NC(=O)CCNc1nc(Cl)c(C#N)s1. The molecule has 5 nitrogen and oxygen atoms in total. The van der Waals surface area contributed by atoms with Crippen LogP contribution in [0.4, 0.5) is 5.13 Å². The number of rotatable bonds is 4. The lowest BCUT2D eigenvalue weighted by Gasteiger charge is -2.20. The Bertz CT molecular complexity index is 472. The third kappa shape index (κ3) is 4.90. The number of hydrogen-bond acceptors (Lipinski definition) is 5. The zero-order valence-corrected chi connectivity index (χ0v) is 12.1. The summed E-state index contributed by atoms with van der Waals surface area (Å²) in [6.07, 6.45) is 0.344. The molecule has 0 spiro atoms. The van der Waals surface area contributed by atoms with Gasteiger partial charge in [0.25, 0.3) is 0 Å². The summed E-state index contributed by atoms with van der Waals surface area (Å²) in [5.41, 5.74) is -0.227. The molecule has 0 atom stereocenters. The molecular formula is C11H15ClN4OS. The number of carbonyl (C=O) groups is 1. The fraction of sp³-hybridized carbons (Fsp3) is 0.545. The summed E-state index contributed by atoms with van der Waals surface area (Å²) < 4.78 is 0. The molecule has 0 fully saturated rings. The molecule has 1 rings (SSSR count). The van der Waals surface area contributed by atoms with Crippen LogP contribution in [-0.2, 0) is 4.79 Å². The maximum atomic E-state index is 11.5. The molecule has 98 valence electrons. The van der Waals surface area contributed by atoms with Gasteiger partial charge in [-0.25, -0.2) is 4.98 Å². The van der Waals surface area contributed by atoms with E-state index in [1.807, 2.05) is 26.8 Å². The van der Waals surface area contributed by atoms with E-state index in [9.17, 15) is 4.79 Å². The third-order valence-corrected chi connectivity index (χ3v) is 3.13. The summed E-state index contributed by atoms with van der Waals surface area (Å²) in [6, 6.07) is 1.95. The van der Waals surface area contributed by atoms with E-state index in [2.05, 4.69) is 15.6 Å². The maximum Gasteiger partial charge on any atom is 0.222 e. The molecule has 0 saturated heterocycles. The highest BCUT2D eigenvalue weighted by Crippen LogP contribution is 2.25. The molecule has 1 heterocycles. The molecule has 1 aromatic rings. The predicted molar refractivity (Wildman–Crippen MR) is 72.8 cm³/mol. The van der Waals surface area contributed by atoms with Gasteiger partial charge in [-0.2, -0.15) is 5.26 Å². The van der Waals surface area contributed by atoms with Gasteiger partial charge in [0.2, 0.25) is 5.91 Å². The van der Waals surface area contributed by atoms with E-state index in [1.165, 1.54) is 11.3 Å². The number of hydrogen-bond donors (Lipinski definition) is 2. The number of halogens is 1. The molecular weight excluding hydrogens is 272 g/mol. The Hall–Kier alpha value is -1.32. The van der Waals surface area contributed by atoms with Gasteiger partial charge in [0.15, 0.2) is 10.3 Å². The molecule has 0 aliphatic carbocycles. The van der Waals surface area contributed by atoms with Crippen molar-refractivity contribution in [2.75, 3.05) is 11.9 Å². The molecule has 2 N–H and O–H groups in total. The van der Waals surface area contributed by atoms with Crippen molar-refractivity contribution in [3.05, 3.63) is 10.0 Å². The monoisotopic (exact) mass is 286 g/mol. The molecule has 0 radical (unpaired) electrons. The van der Waals surface area contributed by atoms with Gasteiger partial charge < -0.3 is 10.6 Å². The number of nitrogens with one attached hydrogen (secondary N) is 2. The van der Waals surface area contributed by atoms with Crippen LogP contribution in [0.1, 0.15) is 32.1 Å². The number of nitriles is 1. The maximum absolute atomic E-state index is 11.5. The highest BCUT2D eigenvalue weighted by Gasteiger charge is 2.13. The van der Waals surface area contributed by atoms with Gasteiger partial charge in [0, 0.05) is 18.5 Å². The lowest BCUT2D eigenvalue weighted by atomic mass is 10.1. The van der Waals surface area contributed by atoms with Crippen LogP contribution >= 0.6 is 22.9 Å². The minimum Gasteiger partial charge on any atom is -0.361 e. The standard InChI is InChI=1S/C11H15ClN4OS/c1-11(2,3)16-8(17)4-5-14-10-15-9(12)7(6-13)18-10/h4-5H2,1-3H3,(H,14,15)(H,16,17). The first-order chi connectivity index (χ1) is 8.31. The van der Waals surface area contributed by atoms with Gasteiger partial charge in [-0.15, -0.1) is 0 Å². The van der Waals surface area contributed by atoms with E-state index in [1.54, 1.807) is 0 Å². The van der Waals surface area contributed by atoms with Crippen LogP contribution < -0.4 is 10.6 Å². The zero-order chi connectivity index (χ0) is 13.8. The highest BCUT2D eigenvalue weighted by molar-refractivity contribution is 7.16. The van der Waals surface area contributed by atoms with Crippen LogP contribution in [0.15, 0.2) is 0 Å². The average molecular weight is 287 g/mol. The average Bonchev–Trinajstić information content (AvgIpc) is 2.56. The Labute approximate surface area is 115 Å². The number of thiazole rings is 1. The van der Waals surface area contributed by atoms with E-state index in [0.717, 1.165) is 0 Å². The number of nitrogens with zero attached hydrogens (tertiary/aromatic N) is 2. The van der Waals surface area contributed by atoms with Gasteiger partial charge in [-0.05, 0) is 20.8 Å². The summed E-state index contributed by atoms with van der Waals surface area (Å²) >= 11 is 6.91. The molecule has 1 amide bonds. The fourth-order valence-corrected chi connectivity index (χ4v) is 2.18. The van der Waals surface area contributed by atoms with Crippen molar-refractivity contribution in [1.29, 1.82) is 5.26 Å². The van der Waals surface area contributed by atoms with Crippen LogP contribution in [0.3, 0.4) is 0 Å². The summed E-state index contributed by atoms with van der Waals surface area (Å²) in [5.74, 6) is -0.0295. The molecule has 0 aliphatic rings. The van der Waals surface area contributed by atoms with Gasteiger partial charge in [-0.3, -0.25) is 4.79 Å². The van der Waals surface area contributed by atoms with Crippen molar-refractivity contribution < 1.29 is 4.79 Å². The zero-order valence-electron chi connectivity index (χ0n) is 10.5. The highest BCUT2D eigenvalue weighted by atomic mass is 35.5. The van der Waals surface area contributed by atoms with Crippen molar-refractivity contribution in [3.63, 3.8) is 0 Å². The van der Waals surface area contributed by atoms with E-state index in [4.69, 9.17) is 16.9 Å².